The second-order valence-corrected chi connectivity index (χ2v) is 5.80. The fourth-order valence-electron chi connectivity index (χ4n) is 2.52. The van der Waals surface area contributed by atoms with Gasteiger partial charge in [0, 0.05) is 0 Å². The van der Waals surface area contributed by atoms with Crippen molar-refractivity contribution in [2.75, 3.05) is 6.61 Å². The molecule has 4 heteroatoms. The standard InChI is InChI=1S/C19H22FNO2/c1-12-9-14(3)16(10-13(12)2)15(4)21-19(22)11-23-18-8-6-5-7-17(18)20/h5-10,15H,11H2,1-4H3,(H,21,22). The Bertz CT molecular complexity index is 713. The van der Waals surface area contributed by atoms with Crippen LogP contribution in [0.2, 0.25) is 0 Å². The molecule has 122 valence electrons. The number of carbonyl (C=O) groups is 1. The monoisotopic (exact) mass is 315 g/mol. The van der Waals surface area contributed by atoms with Crippen LogP contribution in [0.5, 0.6) is 5.75 Å². The molecule has 0 aliphatic rings. The average Bonchev–Trinajstić information content (AvgIpc) is 2.50. The summed E-state index contributed by atoms with van der Waals surface area (Å²) in [5.41, 5.74) is 4.63. The molecule has 0 fully saturated rings. The number of aryl methyl sites for hydroxylation is 3. The first-order chi connectivity index (χ1) is 10.9. The van der Waals surface area contributed by atoms with Crippen molar-refractivity contribution < 1.29 is 13.9 Å². The first-order valence-corrected chi connectivity index (χ1v) is 7.63. The number of carbonyl (C=O) groups excluding carboxylic acids is 1. The zero-order valence-corrected chi connectivity index (χ0v) is 13.9. The first-order valence-electron chi connectivity index (χ1n) is 7.63. The minimum atomic E-state index is -0.474. The van der Waals surface area contributed by atoms with Gasteiger partial charge in [0.2, 0.25) is 0 Å². The quantitative estimate of drug-likeness (QED) is 0.905. The maximum absolute atomic E-state index is 13.4. The smallest absolute Gasteiger partial charge is 0.258 e. The van der Waals surface area contributed by atoms with Crippen LogP contribution in [-0.4, -0.2) is 12.5 Å². The SMILES string of the molecule is Cc1cc(C)c(C(C)NC(=O)COc2ccccc2F)cc1C. The zero-order valence-electron chi connectivity index (χ0n) is 13.9. The molecule has 0 aliphatic carbocycles. The highest BCUT2D eigenvalue weighted by molar-refractivity contribution is 5.78. The van der Waals surface area contributed by atoms with Gasteiger partial charge in [-0.15, -0.1) is 0 Å². The molecule has 0 heterocycles. The molecule has 1 atom stereocenters. The largest absolute Gasteiger partial charge is 0.481 e. The van der Waals surface area contributed by atoms with Gasteiger partial charge in [-0.1, -0.05) is 24.3 Å². The van der Waals surface area contributed by atoms with Crippen molar-refractivity contribution in [3.8, 4) is 5.75 Å². The summed E-state index contributed by atoms with van der Waals surface area (Å²) in [5.74, 6) is -0.672. The second-order valence-electron chi connectivity index (χ2n) is 5.80. The molecule has 3 nitrogen and oxygen atoms in total. The summed E-state index contributed by atoms with van der Waals surface area (Å²) < 4.78 is 18.7. The lowest BCUT2D eigenvalue weighted by Crippen LogP contribution is -2.31. The van der Waals surface area contributed by atoms with Gasteiger partial charge in [0.15, 0.2) is 18.2 Å². The van der Waals surface area contributed by atoms with Crippen LogP contribution in [0.15, 0.2) is 36.4 Å². The van der Waals surface area contributed by atoms with Crippen LogP contribution in [0.25, 0.3) is 0 Å². The molecule has 0 aliphatic heterocycles. The molecule has 0 spiro atoms. The highest BCUT2D eigenvalue weighted by Gasteiger charge is 2.14. The fourth-order valence-corrected chi connectivity index (χ4v) is 2.52. The van der Waals surface area contributed by atoms with E-state index in [-0.39, 0.29) is 24.3 Å². The van der Waals surface area contributed by atoms with Crippen LogP contribution in [0.3, 0.4) is 0 Å². The van der Waals surface area contributed by atoms with Crippen molar-refractivity contribution in [2.24, 2.45) is 0 Å². The van der Waals surface area contributed by atoms with Crippen molar-refractivity contribution >= 4 is 5.91 Å². The molecule has 2 rings (SSSR count). The number of hydrogen-bond acceptors (Lipinski definition) is 2. The summed E-state index contributed by atoms with van der Waals surface area (Å²) >= 11 is 0. The fraction of sp³-hybridized carbons (Fsp3) is 0.316. The Labute approximate surface area is 136 Å². The number of ether oxygens (including phenoxy) is 1. The van der Waals surface area contributed by atoms with Crippen LogP contribution in [0.4, 0.5) is 4.39 Å². The molecule has 1 unspecified atom stereocenters. The van der Waals surface area contributed by atoms with Crippen LogP contribution < -0.4 is 10.1 Å². The van der Waals surface area contributed by atoms with Gasteiger partial charge in [0.05, 0.1) is 6.04 Å². The molecule has 0 aromatic heterocycles. The second kappa shape index (κ2) is 7.27. The number of amides is 1. The molecule has 2 aromatic rings. The summed E-state index contributed by atoms with van der Waals surface area (Å²) in [4.78, 5) is 12.0. The molecule has 0 bridgehead atoms. The topological polar surface area (TPSA) is 38.3 Å². The van der Waals surface area contributed by atoms with Crippen molar-refractivity contribution in [3.05, 3.63) is 64.5 Å². The van der Waals surface area contributed by atoms with E-state index in [1.165, 1.54) is 23.3 Å². The third-order valence-electron chi connectivity index (χ3n) is 3.92. The van der Waals surface area contributed by atoms with Crippen LogP contribution >= 0.6 is 0 Å². The van der Waals surface area contributed by atoms with E-state index in [4.69, 9.17) is 4.74 Å². The predicted octanol–water partition coefficient (Wildman–Crippen LogP) is 4.01. The van der Waals surface area contributed by atoms with Crippen molar-refractivity contribution in [3.63, 3.8) is 0 Å². The van der Waals surface area contributed by atoms with E-state index in [9.17, 15) is 9.18 Å². The lowest BCUT2D eigenvalue weighted by atomic mass is 9.96. The Hall–Kier alpha value is -2.36. The summed E-state index contributed by atoms with van der Waals surface area (Å²) in [7, 11) is 0. The molecular formula is C19H22FNO2. The summed E-state index contributed by atoms with van der Waals surface area (Å²) in [6.07, 6.45) is 0. The Morgan fingerprint density at radius 1 is 1.13 bits per heavy atom. The van der Waals surface area contributed by atoms with E-state index >= 15 is 0 Å². The normalized spacial score (nSPS) is 11.9. The lowest BCUT2D eigenvalue weighted by molar-refractivity contribution is -0.123. The zero-order chi connectivity index (χ0) is 17.0. The van der Waals surface area contributed by atoms with Crippen LogP contribution in [0.1, 0.15) is 35.2 Å². The van der Waals surface area contributed by atoms with E-state index in [1.807, 2.05) is 20.8 Å². The van der Waals surface area contributed by atoms with Gasteiger partial charge >= 0.3 is 0 Å². The van der Waals surface area contributed by atoms with E-state index in [2.05, 4.69) is 24.4 Å². The predicted molar refractivity (Wildman–Crippen MR) is 89.1 cm³/mol. The minimum absolute atomic E-state index is 0.0812. The molecule has 0 saturated heterocycles. The summed E-state index contributed by atoms with van der Waals surface area (Å²) in [6, 6.07) is 10.1. The highest BCUT2D eigenvalue weighted by Crippen LogP contribution is 2.21. The molecule has 0 radical (unpaired) electrons. The number of hydrogen-bond donors (Lipinski definition) is 1. The number of para-hydroxylation sites is 1. The average molecular weight is 315 g/mol. The van der Waals surface area contributed by atoms with Gasteiger partial charge in [-0.2, -0.15) is 0 Å². The molecule has 23 heavy (non-hydrogen) atoms. The van der Waals surface area contributed by atoms with Gasteiger partial charge < -0.3 is 10.1 Å². The van der Waals surface area contributed by atoms with Crippen molar-refractivity contribution in [1.82, 2.24) is 5.32 Å². The highest BCUT2D eigenvalue weighted by atomic mass is 19.1. The number of halogens is 1. The summed E-state index contributed by atoms with van der Waals surface area (Å²) in [6.45, 7) is 7.86. The minimum Gasteiger partial charge on any atom is -0.481 e. The molecule has 2 aromatic carbocycles. The van der Waals surface area contributed by atoms with Gasteiger partial charge in [-0.3, -0.25) is 4.79 Å². The Kier molecular flexibility index (Phi) is 5.37. The van der Waals surface area contributed by atoms with Crippen molar-refractivity contribution in [1.29, 1.82) is 0 Å². The summed E-state index contributed by atoms with van der Waals surface area (Å²) in [5, 5.41) is 2.89. The van der Waals surface area contributed by atoms with E-state index in [1.54, 1.807) is 12.1 Å². The van der Waals surface area contributed by atoms with Gasteiger partial charge in [0.25, 0.3) is 5.91 Å². The molecule has 1 N–H and O–H groups in total. The third-order valence-corrected chi connectivity index (χ3v) is 3.92. The van der Waals surface area contributed by atoms with Crippen LogP contribution in [-0.2, 0) is 4.79 Å². The maximum Gasteiger partial charge on any atom is 0.258 e. The molecule has 1 amide bonds. The van der Waals surface area contributed by atoms with Gasteiger partial charge in [-0.25, -0.2) is 4.39 Å². The van der Waals surface area contributed by atoms with E-state index in [0.717, 1.165) is 11.1 Å². The lowest BCUT2D eigenvalue weighted by Gasteiger charge is -2.18. The van der Waals surface area contributed by atoms with Gasteiger partial charge in [0.1, 0.15) is 0 Å². The third kappa shape index (κ3) is 4.31. The van der Waals surface area contributed by atoms with E-state index < -0.39 is 5.82 Å². The maximum atomic E-state index is 13.4. The van der Waals surface area contributed by atoms with Crippen molar-refractivity contribution in [2.45, 2.75) is 33.7 Å². The molecule has 0 saturated carbocycles. The Balaban J connectivity index is 1.97. The molecular weight excluding hydrogens is 293 g/mol. The first kappa shape index (κ1) is 17.0. The van der Waals surface area contributed by atoms with Crippen LogP contribution in [0, 0.1) is 26.6 Å². The van der Waals surface area contributed by atoms with Gasteiger partial charge in [-0.05, 0) is 62.1 Å². The van der Waals surface area contributed by atoms with E-state index in [0.29, 0.717) is 0 Å². The number of benzene rings is 2. The number of rotatable bonds is 5. The Morgan fingerprint density at radius 3 is 2.48 bits per heavy atom. The number of nitrogens with one attached hydrogen (secondary N) is 1. The Morgan fingerprint density at radius 2 is 1.78 bits per heavy atom.